The van der Waals surface area contributed by atoms with Crippen molar-refractivity contribution < 1.29 is 9.53 Å². The van der Waals surface area contributed by atoms with Gasteiger partial charge in [0.05, 0.1) is 24.1 Å². The first-order valence-corrected chi connectivity index (χ1v) is 11.9. The number of thiophene rings is 1. The van der Waals surface area contributed by atoms with Gasteiger partial charge in [-0.2, -0.15) is 4.52 Å². The summed E-state index contributed by atoms with van der Waals surface area (Å²) in [5.74, 6) is 0.354. The quantitative estimate of drug-likeness (QED) is 0.361. The van der Waals surface area contributed by atoms with E-state index in [0.29, 0.717) is 30.1 Å². The third-order valence-corrected chi connectivity index (χ3v) is 7.41. The molecule has 1 aliphatic heterocycles. The highest BCUT2D eigenvalue weighted by Crippen LogP contribution is 2.40. The minimum Gasteiger partial charge on any atom is -0.370 e. The summed E-state index contributed by atoms with van der Waals surface area (Å²) >= 11 is 1.50. The number of aromatic nitrogens is 4. The van der Waals surface area contributed by atoms with Crippen LogP contribution in [0.4, 0.5) is 0 Å². The molecule has 5 aromatic rings. The van der Waals surface area contributed by atoms with E-state index >= 15 is 0 Å². The van der Waals surface area contributed by atoms with Crippen LogP contribution in [0.3, 0.4) is 0 Å². The van der Waals surface area contributed by atoms with E-state index < -0.39 is 0 Å². The number of Topliss-reactive ketones (excluding diaryl/α,β-unsaturated/α-hetero) is 1. The lowest BCUT2D eigenvalue weighted by atomic mass is 9.94. The maximum atomic E-state index is 13.6. The number of ketones is 1. The normalized spacial score (nSPS) is 15.0. The van der Waals surface area contributed by atoms with Crippen molar-refractivity contribution in [2.24, 2.45) is 0 Å². The molecule has 2 aromatic carbocycles. The van der Waals surface area contributed by atoms with Gasteiger partial charge in [-0.3, -0.25) is 9.36 Å². The summed E-state index contributed by atoms with van der Waals surface area (Å²) in [6.07, 6.45) is 0.691. The Hall–Kier alpha value is -3.62. The highest BCUT2D eigenvalue weighted by molar-refractivity contribution is 7.19. The van der Waals surface area contributed by atoms with Gasteiger partial charge in [0, 0.05) is 22.4 Å². The Labute approximate surface area is 199 Å². The zero-order chi connectivity index (χ0) is 23.4. The Bertz CT molecular complexity index is 1610. The number of rotatable bonds is 4. The van der Waals surface area contributed by atoms with Crippen molar-refractivity contribution >= 4 is 33.0 Å². The van der Waals surface area contributed by atoms with Crippen LogP contribution in [0.1, 0.15) is 34.6 Å². The second-order valence-electron chi connectivity index (χ2n) is 9.10. The lowest BCUT2D eigenvalue weighted by molar-refractivity contribution is -0.0379. The zero-order valence-corrected chi connectivity index (χ0v) is 19.6. The first-order valence-electron chi connectivity index (χ1n) is 11.1. The molecule has 0 amide bonds. The van der Waals surface area contributed by atoms with Gasteiger partial charge in [-0.15, -0.1) is 16.4 Å². The fraction of sp³-hybridized carbons (Fsp3) is 0.231. The molecule has 0 fully saturated rings. The number of ether oxygens (including phenoxy) is 1. The van der Waals surface area contributed by atoms with Crippen molar-refractivity contribution in [3.63, 3.8) is 0 Å². The minimum absolute atomic E-state index is 0.0700. The maximum Gasteiger partial charge on any atom is 0.352 e. The Morgan fingerprint density at radius 1 is 1.09 bits per heavy atom. The van der Waals surface area contributed by atoms with Gasteiger partial charge in [0.1, 0.15) is 4.83 Å². The molecule has 0 aliphatic carbocycles. The van der Waals surface area contributed by atoms with Crippen LogP contribution in [0, 0.1) is 0 Å². The Morgan fingerprint density at radius 3 is 2.53 bits per heavy atom. The van der Waals surface area contributed by atoms with Crippen LogP contribution in [0.2, 0.25) is 0 Å². The van der Waals surface area contributed by atoms with E-state index in [2.05, 4.69) is 18.9 Å². The first kappa shape index (κ1) is 20.9. The number of nitrogens with zero attached hydrogens (tertiary/aromatic N) is 4. The molecule has 0 unspecified atom stereocenters. The number of hydrogen-bond donors (Lipinski definition) is 0. The molecule has 0 radical (unpaired) electrons. The van der Waals surface area contributed by atoms with Crippen LogP contribution >= 0.6 is 11.3 Å². The largest absolute Gasteiger partial charge is 0.370 e. The van der Waals surface area contributed by atoms with Gasteiger partial charge in [-0.25, -0.2) is 9.78 Å². The van der Waals surface area contributed by atoms with E-state index in [9.17, 15) is 9.59 Å². The van der Waals surface area contributed by atoms with Gasteiger partial charge in [0.15, 0.2) is 17.3 Å². The average molecular weight is 471 g/mol. The van der Waals surface area contributed by atoms with Crippen molar-refractivity contribution in [1.29, 1.82) is 0 Å². The number of fused-ring (bicyclic) bond motifs is 5. The van der Waals surface area contributed by atoms with Crippen molar-refractivity contribution in [3.05, 3.63) is 87.2 Å². The lowest BCUT2D eigenvalue weighted by Crippen LogP contribution is -2.32. The number of carbonyl (C=O) groups excluding carboxylic acids is 1. The molecule has 0 saturated carbocycles. The minimum atomic E-state index is -0.375. The molecule has 3 aromatic heterocycles. The molecule has 7 nitrogen and oxygen atoms in total. The third-order valence-electron chi connectivity index (χ3n) is 6.19. The first-order chi connectivity index (χ1) is 16.4. The van der Waals surface area contributed by atoms with Crippen molar-refractivity contribution in [3.8, 4) is 11.4 Å². The highest BCUT2D eigenvalue weighted by atomic mass is 32.1. The summed E-state index contributed by atoms with van der Waals surface area (Å²) in [6, 6.07) is 18.6. The van der Waals surface area contributed by atoms with Gasteiger partial charge in [-0.1, -0.05) is 60.7 Å². The predicted octanol–water partition coefficient (Wildman–Crippen LogP) is 4.51. The SMILES string of the molecule is CC1(C)Cc2c(sc3c2c2nc(-c4ccccc4)nn2c(=O)n3CC(=O)c2ccccc2)CO1. The molecule has 0 saturated heterocycles. The Morgan fingerprint density at radius 2 is 1.79 bits per heavy atom. The molecule has 8 heteroatoms. The topological polar surface area (TPSA) is 78.5 Å². The molecular weight excluding hydrogens is 448 g/mol. The van der Waals surface area contributed by atoms with Gasteiger partial charge in [0.25, 0.3) is 0 Å². The lowest BCUT2D eigenvalue weighted by Gasteiger charge is -2.30. The smallest absolute Gasteiger partial charge is 0.352 e. The number of benzene rings is 2. The van der Waals surface area contributed by atoms with Crippen LogP contribution in [0.25, 0.3) is 27.3 Å². The Balaban J connectivity index is 1.62. The molecule has 6 rings (SSSR count). The van der Waals surface area contributed by atoms with Crippen LogP contribution in [0.15, 0.2) is 65.5 Å². The van der Waals surface area contributed by atoms with Crippen molar-refractivity contribution in [2.45, 2.75) is 39.0 Å². The molecule has 4 heterocycles. The second-order valence-corrected chi connectivity index (χ2v) is 10.2. The molecular formula is C26H22N4O3S. The van der Waals surface area contributed by atoms with E-state index in [1.807, 2.05) is 48.5 Å². The van der Waals surface area contributed by atoms with E-state index in [0.717, 1.165) is 26.2 Å². The molecule has 0 bridgehead atoms. The van der Waals surface area contributed by atoms with Crippen LogP contribution < -0.4 is 5.69 Å². The van der Waals surface area contributed by atoms with Crippen LogP contribution in [-0.4, -0.2) is 30.5 Å². The highest BCUT2D eigenvalue weighted by Gasteiger charge is 2.32. The Kier molecular flexibility index (Phi) is 4.75. The van der Waals surface area contributed by atoms with Gasteiger partial charge in [0.2, 0.25) is 0 Å². The average Bonchev–Trinajstić information content (AvgIpc) is 3.44. The third kappa shape index (κ3) is 3.38. The fourth-order valence-corrected chi connectivity index (χ4v) is 5.69. The van der Waals surface area contributed by atoms with Crippen molar-refractivity contribution in [1.82, 2.24) is 19.2 Å². The van der Waals surface area contributed by atoms with Gasteiger partial charge < -0.3 is 4.74 Å². The second kappa shape index (κ2) is 7.72. The summed E-state index contributed by atoms with van der Waals surface area (Å²) in [5.41, 5.74) is 2.34. The molecule has 1 aliphatic rings. The maximum absolute atomic E-state index is 13.6. The van der Waals surface area contributed by atoms with Gasteiger partial charge >= 0.3 is 5.69 Å². The summed E-state index contributed by atoms with van der Waals surface area (Å²) < 4.78 is 8.93. The predicted molar refractivity (Wildman–Crippen MR) is 131 cm³/mol. The molecule has 0 spiro atoms. The standard InChI is InChI=1S/C26H22N4O3S/c1-26(2)13-18-20(15-33-26)34-24-21(18)23-27-22(17-11-7-4-8-12-17)28-30(23)25(32)29(24)14-19(31)16-9-5-3-6-10-16/h3-12H,13-15H2,1-2H3. The van der Waals surface area contributed by atoms with E-state index in [-0.39, 0.29) is 23.6 Å². The summed E-state index contributed by atoms with van der Waals surface area (Å²) in [7, 11) is 0. The molecule has 0 atom stereocenters. The molecule has 170 valence electrons. The summed E-state index contributed by atoms with van der Waals surface area (Å²) in [4.78, 5) is 33.3. The summed E-state index contributed by atoms with van der Waals surface area (Å²) in [6.45, 7) is 4.52. The number of hydrogen-bond acceptors (Lipinski definition) is 6. The molecule has 34 heavy (non-hydrogen) atoms. The van der Waals surface area contributed by atoms with Crippen LogP contribution in [0.5, 0.6) is 0 Å². The number of carbonyl (C=O) groups is 1. The zero-order valence-electron chi connectivity index (χ0n) is 18.8. The van der Waals surface area contributed by atoms with Crippen LogP contribution in [-0.2, 0) is 24.3 Å². The van der Waals surface area contributed by atoms with E-state index in [1.54, 1.807) is 12.1 Å². The molecule has 0 N–H and O–H groups in total. The van der Waals surface area contributed by atoms with E-state index in [1.165, 1.54) is 20.4 Å². The van der Waals surface area contributed by atoms with Crippen molar-refractivity contribution in [2.75, 3.05) is 0 Å². The van der Waals surface area contributed by atoms with Gasteiger partial charge in [-0.05, 0) is 19.4 Å². The summed E-state index contributed by atoms with van der Waals surface area (Å²) in [5, 5.41) is 5.45. The van der Waals surface area contributed by atoms with E-state index in [4.69, 9.17) is 9.72 Å². The monoisotopic (exact) mass is 470 g/mol. The fourth-order valence-electron chi connectivity index (χ4n) is 4.48.